The van der Waals surface area contributed by atoms with Crippen molar-refractivity contribution in [2.45, 2.75) is 31.7 Å². The van der Waals surface area contributed by atoms with Gasteiger partial charge in [0.25, 0.3) is 0 Å². The van der Waals surface area contributed by atoms with Gasteiger partial charge in [0, 0.05) is 12.6 Å². The summed E-state index contributed by atoms with van der Waals surface area (Å²) in [6.45, 7) is 0.647. The molecule has 0 unspecified atom stereocenters. The maximum Gasteiger partial charge on any atom is 0.125 e. The molecule has 1 aliphatic carbocycles. The van der Waals surface area contributed by atoms with Gasteiger partial charge in [-0.2, -0.15) is 0 Å². The Morgan fingerprint density at radius 2 is 2.06 bits per heavy atom. The smallest absolute Gasteiger partial charge is 0.125 e. The molecule has 4 heteroatoms. The predicted octanol–water partition coefficient (Wildman–Crippen LogP) is 2.15. The molecule has 2 rings (SSSR count). The molecule has 0 radical (unpaired) electrons. The van der Waals surface area contributed by atoms with Crippen molar-refractivity contribution >= 4 is 11.4 Å². The Kier molecular flexibility index (Phi) is 3.84. The molecule has 0 bridgehead atoms. The Bertz CT molecular complexity index is 378. The van der Waals surface area contributed by atoms with Gasteiger partial charge in [0.15, 0.2) is 0 Å². The Balaban J connectivity index is 2.24. The molecule has 1 aliphatic rings. The van der Waals surface area contributed by atoms with Gasteiger partial charge >= 0.3 is 0 Å². The summed E-state index contributed by atoms with van der Waals surface area (Å²) in [6, 6.07) is 4.90. The van der Waals surface area contributed by atoms with Crippen LogP contribution in [0, 0.1) is 5.82 Å². The zero-order chi connectivity index (χ0) is 12.3. The lowest BCUT2D eigenvalue weighted by atomic mass is 10.1. The summed E-state index contributed by atoms with van der Waals surface area (Å²) in [4.78, 5) is 2.11. The van der Waals surface area contributed by atoms with E-state index < -0.39 is 0 Å². The minimum atomic E-state index is -0.318. The topological polar surface area (TPSA) is 49.5 Å². The minimum absolute atomic E-state index is 0.0906. The summed E-state index contributed by atoms with van der Waals surface area (Å²) in [6.07, 6.45) is 4.68. The van der Waals surface area contributed by atoms with E-state index in [0.717, 1.165) is 18.5 Å². The fourth-order valence-electron chi connectivity index (χ4n) is 2.61. The van der Waals surface area contributed by atoms with Crippen molar-refractivity contribution in [3.05, 3.63) is 24.0 Å². The normalized spacial score (nSPS) is 16.4. The van der Waals surface area contributed by atoms with Crippen molar-refractivity contribution in [1.29, 1.82) is 0 Å². The molecule has 1 aromatic rings. The van der Waals surface area contributed by atoms with Gasteiger partial charge in [-0.3, -0.25) is 0 Å². The monoisotopic (exact) mass is 238 g/mol. The molecule has 3 N–H and O–H groups in total. The zero-order valence-electron chi connectivity index (χ0n) is 9.90. The second kappa shape index (κ2) is 5.36. The van der Waals surface area contributed by atoms with Gasteiger partial charge in [-0.05, 0) is 31.0 Å². The summed E-state index contributed by atoms with van der Waals surface area (Å²) < 4.78 is 13.0. The fourth-order valence-corrected chi connectivity index (χ4v) is 2.61. The molecule has 0 heterocycles. The van der Waals surface area contributed by atoms with Crippen molar-refractivity contribution in [2.75, 3.05) is 23.8 Å². The SMILES string of the molecule is Nc1cc(F)ccc1N(CCO)C1CCCC1. The number of aliphatic hydroxyl groups excluding tert-OH is 1. The van der Waals surface area contributed by atoms with E-state index in [2.05, 4.69) is 4.90 Å². The first-order chi connectivity index (χ1) is 8.22. The molecule has 0 atom stereocenters. The van der Waals surface area contributed by atoms with Crippen LogP contribution in [0.5, 0.6) is 0 Å². The highest BCUT2D eigenvalue weighted by molar-refractivity contribution is 5.68. The van der Waals surface area contributed by atoms with Crippen LogP contribution in [0.2, 0.25) is 0 Å². The number of nitrogens with zero attached hydrogens (tertiary/aromatic N) is 1. The van der Waals surface area contributed by atoms with Crippen LogP contribution in [0.25, 0.3) is 0 Å². The van der Waals surface area contributed by atoms with E-state index >= 15 is 0 Å². The minimum Gasteiger partial charge on any atom is -0.397 e. The van der Waals surface area contributed by atoms with Crippen molar-refractivity contribution in [3.63, 3.8) is 0 Å². The molecule has 3 nitrogen and oxygen atoms in total. The molecular formula is C13H19FN2O. The lowest BCUT2D eigenvalue weighted by Gasteiger charge is -2.31. The van der Waals surface area contributed by atoms with E-state index in [1.165, 1.54) is 25.0 Å². The number of hydrogen-bond donors (Lipinski definition) is 2. The van der Waals surface area contributed by atoms with Crippen LogP contribution >= 0.6 is 0 Å². The average Bonchev–Trinajstić information content (AvgIpc) is 2.80. The first-order valence-electron chi connectivity index (χ1n) is 6.15. The summed E-state index contributed by atoms with van der Waals surface area (Å²) >= 11 is 0. The van der Waals surface area contributed by atoms with E-state index in [-0.39, 0.29) is 12.4 Å². The fraction of sp³-hybridized carbons (Fsp3) is 0.538. The largest absolute Gasteiger partial charge is 0.397 e. The van der Waals surface area contributed by atoms with Gasteiger partial charge in [-0.25, -0.2) is 4.39 Å². The number of nitrogens with two attached hydrogens (primary N) is 1. The summed E-state index contributed by atoms with van der Waals surface area (Å²) in [5.74, 6) is -0.318. The van der Waals surface area contributed by atoms with Gasteiger partial charge in [0.1, 0.15) is 5.82 Å². The standard InChI is InChI=1S/C13H19FN2O/c14-10-5-6-13(12(15)9-10)16(7-8-17)11-3-1-2-4-11/h5-6,9,11,17H,1-4,7-8,15H2. The third-order valence-electron chi connectivity index (χ3n) is 3.41. The van der Waals surface area contributed by atoms with Gasteiger partial charge in [-0.1, -0.05) is 12.8 Å². The van der Waals surface area contributed by atoms with Crippen LogP contribution < -0.4 is 10.6 Å². The number of aliphatic hydroxyl groups is 1. The molecule has 0 spiro atoms. The second-order valence-corrected chi connectivity index (χ2v) is 4.56. The molecule has 1 aromatic carbocycles. The third kappa shape index (κ3) is 2.69. The average molecular weight is 238 g/mol. The van der Waals surface area contributed by atoms with Crippen LogP contribution in [0.1, 0.15) is 25.7 Å². The first-order valence-corrected chi connectivity index (χ1v) is 6.15. The maximum atomic E-state index is 13.0. The van der Waals surface area contributed by atoms with Crippen molar-refractivity contribution in [1.82, 2.24) is 0 Å². The number of nitrogen functional groups attached to an aromatic ring is 1. The van der Waals surface area contributed by atoms with E-state index in [9.17, 15) is 4.39 Å². The molecule has 1 fully saturated rings. The number of hydrogen-bond acceptors (Lipinski definition) is 3. The van der Waals surface area contributed by atoms with Crippen LogP contribution in [-0.2, 0) is 0 Å². The summed E-state index contributed by atoms with van der Waals surface area (Å²) in [5.41, 5.74) is 7.15. The molecule has 0 aromatic heterocycles. The molecule has 17 heavy (non-hydrogen) atoms. The van der Waals surface area contributed by atoms with Crippen LogP contribution in [-0.4, -0.2) is 24.3 Å². The van der Waals surface area contributed by atoms with E-state index in [0.29, 0.717) is 18.3 Å². The van der Waals surface area contributed by atoms with Gasteiger partial charge < -0.3 is 15.7 Å². The number of rotatable bonds is 4. The highest BCUT2D eigenvalue weighted by Crippen LogP contribution is 2.31. The molecule has 1 saturated carbocycles. The Hall–Kier alpha value is -1.29. The van der Waals surface area contributed by atoms with E-state index in [1.54, 1.807) is 6.07 Å². The predicted molar refractivity (Wildman–Crippen MR) is 67.5 cm³/mol. The second-order valence-electron chi connectivity index (χ2n) is 4.56. The van der Waals surface area contributed by atoms with Gasteiger partial charge in [0.2, 0.25) is 0 Å². The molecular weight excluding hydrogens is 219 g/mol. The Morgan fingerprint density at radius 3 is 2.65 bits per heavy atom. The van der Waals surface area contributed by atoms with E-state index in [1.807, 2.05) is 0 Å². The molecule has 0 saturated heterocycles. The van der Waals surface area contributed by atoms with Gasteiger partial charge in [-0.15, -0.1) is 0 Å². The van der Waals surface area contributed by atoms with Crippen LogP contribution in [0.4, 0.5) is 15.8 Å². The number of benzene rings is 1. The Labute approximate surface area is 101 Å². The molecule has 0 aliphatic heterocycles. The lowest BCUT2D eigenvalue weighted by molar-refractivity contribution is 0.297. The highest BCUT2D eigenvalue weighted by atomic mass is 19.1. The van der Waals surface area contributed by atoms with Crippen molar-refractivity contribution in [3.8, 4) is 0 Å². The van der Waals surface area contributed by atoms with Crippen molar-refractivity contribution < 1.29 is 9.50 Å². The lowest BCUT2D eigenvalue weighted by Crippen LogP contribution is -2.36. The Morgan fingerprint density at radius 1 is 1.35 bits per heavy atom. The summed E-state index contributed by atoms with van der Waals surface area (Å²) in [5, 5.41) is 9.15. The third-order valence-corrected chi connectivity index (χ3v) is 3.41. The first kappa shape index (κ1) is 12.2. The van der Waals surface area contributed by atoms with E-state index in [4.69, 9.17) is 10.8 Å². The van der Waals surface area contributed by atoms with Gasteiger partial charge in [0.05, 0.1) is 18.0 Å². The van der Waals surface area contributed by atoms with Crippen LogP contribution in [0.15, 0.2) is 18.2 Å². The number of anilines is 2. The summed E-state index contributed by atoms with van der Waals surface area (Å²) in [7, 11) is 0. The highest BCUT2D eigenvalue weighted by Gasteiger charge is 2.23. The van der Waals surface area contributed by atoms with Crippen LogP contribution in [0.3, 0.4) is 0 Å². The molecule has 0 amide bonds. The number of halogens is 1. The zero-order valence-corrected chi connectivity index (χ0v) is 9.90. The molecule has 94 valence electrons. The maximum absolute atomic E-state index is 13.0. The van der Waals surface area contributed by atoms with Crippen molar-refractivity contribution in [2.24, 2.45) is 0 Å². The quantitative estimate of drug-likeness (QED) is 0.790.